The fourth-order valence-corrected chi connectivity index (χ4v) is 3.65. The lowest BCUT2D eigenvalue weighted by Crippen LogP contribution is -2.30. The van der Waals surface area contributed by atoms with Crippen molar-refractivity contribution in [2.75, 3.05) is 4.72 Å². The van der Waals surface area contributed by atoms with Crippen LogP contribution in [0.5, 0.6) is 0 Å². The van der Waals surface area contributed by atoms with Crippen molar-refractivity contribution >= 4 is 33.2 Å². The molecule has 0 unspecified atom stereocenters. The number of amides is 1. The summed E-state index contributed by atoms with van der Waals surface area (Å²) in [4.78, 5) is 12.0. The van der Waals surface area contributed by atoms with Gasteiger partial charge in [-0.3, -0.25) is 9.52 Å². The van der Waals surface area contributed by atoms with Crippen LogP contribution < -0.4 is 10.0 Å². The number of alkyl halides is 3. The van der Waals surface area contributed by atoms with E-state index in [9.17, 15) is 26.4 Å². The van der Waals surface area contributed by atoms with Gasteiger partial charge in [-0.25, -0.2) is 8.42 Å². The van der Waals surface area contributed by atoms with Crippen molar-refractivity contribution in [2.45, 2.75) is 37.9 Å². The number of carbonyl (C=O) groups is 1. The minimum absolute atomic E-state index is 0.145. The van der Waals surface area contributed by atoms with Crippen LogP contribution in [0.1, 0.15) is 35.3 Å². The molecule has 0 radical (unpaired) electrons. The van der Waals surface area contributed by atoms with E-state index in [1.54, 1.807) is 20.8 Å². The highest BCUT2D eigenvalue weighted by Crippen LogP contribution is 2.34. The van der Waals surface area contributed by atoms with Crippen molar-refractivity contribution in [3.8, 4) is 0 Å². The van der Waals surface area contributed by atoms with E-state index < -0.39 is 33.4 Å². The first-order chi connectivity index (χ1) is 12.8. The topological polar surface area (TPSA) is 75.3 Å². The summed E-state index contributed by atoms with van der Waals surface area (Å²) in [6, 6.07) is 6.02. The van der Waals surface area contributed by atoms with E-state index in [4.69, 9.17) is 11.6 Å². The molecule has 2 aromatic rings. The number of benzene rings is 2. The molecule has 2 rings (SSSR count). The Kier molecular flexibility index (Phi) is 6.30. The Hall–Kier alpha value is -2.26. The van der Waals surface area contributed by atoms with E-state index in [1.165, 1.54) is 12.1 Å². The van der Waals surface area contributed by atoms with E-state index in [0.717, 1.165) is 18.2 Å². The van der Waals surface area contributed by atoms with Gasteiger partial charge in [0.15, 0.2) is 0 Å². The highest BCUT2D eigenvalue weighted by molar-refractivity contribution is 7.92. The van der Waals surface area contributed by atoms with Crippen LogP contribution in [0.25, 0.3) is 0 Å². The number of rotatable bonds is 5. The molecule has 0 spiro atoms. The number of hydrogen-bond acceptors (Lipinski definition) is 3. The van der Waals surface area contributed by atoms with E-state index in [2.05, 4.69) is 10.0 Å². The Morgan fingerprint density at radius 3 is 2.32 bits per heavy atom. The van der Waals surface area contributed by atoms with Gasteiger partial charge in [0, 0.05) is 11.6 Å². The van der Waals surface area contributed by atoms with Gasteiger partial charge in [0.05, 0.1) is 21.2 Å². The van der Waals surface area contributed by atoms with E-state index in [0.29, 0.717) is 11.6 Å². The second-order valence-electron chi connectivity index (χ2n) is 6.40. The fraction of sp³-hybridized carbons (Fsp3) is 0.278. The maximum atomic E-state index is 12.9. The molecule has 0 saturated heterocycles. The average Bonchev–Trinajstić information content (AvgIpc) is 2.55. The predicted molar refractivity (Wildman–Crippen MR) is 101 cm³/mol. The molecule has 0 aromatic heterocycles. The van der Waals surface area contributed by atoms with Gasteiger partial charge in [-0.05, 0) is 56.7 Å². The zero-order valence-electron chi connectivity index (χ0n) is 15.2. The van der Waals surface area contributed by atoms with Crippen molar-refractivity contribution in [2.24, 2.45) is 0 Å². The first kappa shape index (κ1) is 22.0. The molecule has 0 heterocycles. The largest absolute Gasteiger partial charge is 0.416 e. The lowest BCUT2D eigenvalue weighted by molar-refractivity contribution is -0.137. The number of hydrogen-bond donors (Lipinski definition) is 2. The van der Waals surface area contributed by atoms with Crippen LogP contribution in [-0.4, -0.2) is 20.4 Å². The molecule has 10 heteroatoms. The van der Waals surface area contributed by atoms with Crippen LogP contribution in [0.4, 0.5) is 18.9 Å². The van der Waals surface area contributed by atoms with Crippen molar-refractivity contribution < 1.29 is 26.4 Å². The number of sulfonamides is 1. The molecule has 152 valence electrons. The summed E-state index contributed by atoms with van der Waals surface area (Å²) in [5.41, 5.74) is -0.762. The molecule has 2 N–H and O–H groups in total. The van der Waals surface area contributed by atoms with Gasteiger partial charge in [0.25, 0.3) is 15.9 Å². The van der Waals surface area contributed by atoms with Gasteiger partial charge in [-0.1, -0.05) is 17.7 Å². The Balaban J connectivity index is 2.42. The summed E-state index contributed by atoms with van der Waals surface area (Å²) < 4.78 is 66.0. The predicted octanol–water partition coefficient (Wildman–Crippen LogP) is 4.61. The summed E-state index contributed by atoms with van der Waals surface area (Å²) in [5.74, 6) is -0.457. The molecule has 28 heavy (non-hydrogen) atoms. The molecule has 0 aliphatic carbocycles. The SMILES string of the molecule is Cc1ccc(S(=O)(=O)Nc2cc(C(F)(F)F)ccc2Cl)cc1C(=O)NC(C)C. The summed E-state index contributed by atoms with van der Waals surface area (Å²) in [6.45, 7) is 5.15. The number of halogens is 4. The third-order valence-electron chi connectivity index (χ3n) is 3.72. The number of nitrogens with one attached hydrogen (secondary N) is 2. The van der Waals surface area contributed by atoms with Gasteiger partial charge < -0.3 is 5.32 Å². The van der Waals surface area contributed by atoms with Gasteiger partial charge in [0.2, 0.25) is 0 Å². The molecular formula is C18H18ClF3N2O3S. The molecular weight excluding hydrogens is 417 g/mol. The summed E-state index contributed by atoms with van der Waals surface area (Å²) in [5, 5.41) is 2.47. The summed E-state index contributed by atoms with van der Waals surface area (Å²) in [7, 11) is -4.28. The normalized spacial score (nSPS) is 12.1. The molecule has 1 amide bonds. The first-order valence-corrected chi connectivity index (χ1v) is 9.98. The first-order valence-electron chi connectivity index (χ1n) is 8.12. The van der Waals surface area contributed by atoms with Crippen LogP contribution in [-0.2, 0) is 16.2 Å². The van der Waals surface area contributed by atoms with Crippen molar-refractivity contribution in [1.82, 2.24) is 5.32 Å². The molecule has 5 nitrogen and oxygen atoms in total. The third kappa shape index (κ3) is 5.17. The maximum Gasteiger partial charge on any atom is 0.416 e. The van der Waals surface area contributed by atoms with Crippen LogP contribution in [0, 0.1) is 6.92 Å². The van der Waals surface area contributed by atoms with Gasteiger partial charge in [-0.2, -0.15) is 13.2 Å². The van der Waals surface area contributed by atoms with E-state index in [1.807, 2.05) is 0 Å². The quantitative estimate of drug-likeness (QED) is 0.721. The standard InChI is InChI=1S/C18H18ClF3N2O3S/c1-10(2)23-17(25)14-9-13(6-4-11(14)3)28(26,27)24-16-8-12(18(20,21)22)5-7-15(16)19/h4-10,24H,1-3H3,(H,23,25). The Labute approximate surface area is 166 Å². The third-order valence-corrected chi connectivity index (χ3v) is 5.41. The molecule has 0 atom stereocenters. The van der Waals surface area contributed by atoms with Crippen molar-refractivity contribution in [3.05, 3.63) is 58.1 Å². The van der Waals surface area contributed by atoms with Crippen molar-refractivity contribution in [1.29, 1.82) is 0 Å². The Bertz CT molecular complexity index is 1010. The van der Waals surface area contributed by atoms with Crippen molar-refractivity contribution in [3.63, 3.8) is 0 Å². The molecule has 0 aliphatic heterocycles. The van der Waals surface area contributed by atoms with Gasteiger partial charge in [0.1, 0.15) is 0 Å². The summed E-state index contributed by atoms with van der Waals surface area (Å²) >= 11 is 5.85. The maximum absolute atomic E-state index is 12.9. The van der Waals surface area contributed by atoms with Crippen LogP contribution >= 0.6 is 11.6 Å². The lowest BCUT2D eigenvalue weighted by atomic mass is 10.1. The van der Waals surface area contributed by atoms with Gasteiger partial charge >= 0.3 is 6.18 Å². The highest BCUT2D eigenvalue weighted by atomic mass is 35.5. The molecule has 0 fully saturated rings. The Morgan fingerprint density at radius 2 is 1.75 bits per heavy atom. The van der Waals surface area contributed by atoms with E-state index in [-0.39, 0.29) is 21.5 Å². The zero-order valence-corrected chi connectivity index (χ0v) is 16.8. The smallest absolute Gasteiger partial charge is 0.350 e. The summed E-state index contributed by atoms with van der Waals surface area (Å²) in [6.07, 6.45) is -4.66. The average molecular weight is 435 g/mol. The lowest BCUT2D eigenvalue weighted by Gasteiger charge is -2.15. The number of anilines is 1. The highest BCUT2D eigenvalue weighted by Gasteiger charge is 2.31. The van der Waals surface area contributed by atoms with Gasteiger partial charge in [-0.15, -0.1) is 0 Å². The number of aryl methyl sites for hydroxylation is 1. The minimum atomic E-state index is -4.66. The molecule has 0 saturated carbocycles. The van der Waals surface area contributed by atoms with E-state index >= 15 is 0 Å². The van der Waals surface area contributed by atoms with Crippen LogP contribution in [0.2, 0.25) is 5.02 Å². The fourth-order valence-electron chi connectivity index (χ4n) is 2.34. The molecule has 2 aromatic carbocycles. The molecule has 0 bridgehead atoms. The molecule has 0 aliphatic rings. The zero-order chi connectivity index (χ0) is 21.3. The number of carbonyl (C=O) groups excluding carboxylic acids is 1. The second kappa shape index (κ2) is 8.00. The minimum Gasteiger partial charge on any atom is -0.350 e. The monoisotopic (exact) mass is 434 g/mol. The van der Waals surface area contributed by atoms with Crippen LogP contribution in [0.15, 0.2) is 41.3 Å². The van der Waals surface area contributed by atoms with Crippen LogP contribution in [0.3, 0.4) is 0 Å². The Morgan fingerprint density at radius 1 is 1.11 bits per heavy atom. The second-order valence-corrected chi connectivity index (χ2v) is 8.49.